The number of rotatable bonds is 5. The molecule has 6 nitrogen and oxygen atoms in total. The molecule has 108 valence electrons. The Kier molecular flexibility index (Phi) is 4.16. The summed E-state index contributed by atoms with van der Waals surface area (Å²) in [7, 11) is 0. The van der Waals surface area contributed by atoms with E-state index in [0.717, 1.165) is 24.6 Å². The minimum absolute atomic E-state index is 0.0902. The highest BCUT2D eigenvalue weighted by Gasteiger charge is 2.23. The molecule has 1 atom stereocenters. The second kappa shape index (κ2) is 5.85. The van der Waals surface area contributed by atoms with Crippen molar-refractivity contribution in [1.29, 1.82) is 0 Å². The third-order valence-corrected chi connectivity index (χ3v) is 3.22. The van der Waals surface area contributed by atoms with E-state index in [4.69, 9.17) is 0 Å². The Morgan fingerprint density at radius 2 is 2.30 bits per heavy atom. The second-order valence-corrected chi connectivity index (χ2v) is 4.91. The van der Waals surface area contributed by atoms with Gasteiger partial charge in [-0.25, -0.2) is 4.39 Å². The average molecular weight is 281 g/mol. The van der Waals surface area contributed by atoms with Crippen molar-refractivity contribution < 1.29 is 14.1 Å². The van der Waals surface area contributed by atoms with Crippen LogP contribution in [0.1, 0.15) is 19.8 Å². The van der Waals surface area contributed by atoms with E-state index in [0.29, 0.717) is 19.5 Å². The Labute approximate surface area is 115 Å². The highest BCUT2D eigenvalue weighted by atomic mass is 19.1. The van der Waals surface area contributed by atoms with Gasteiger partial charge in [0, 0.05) is 37.7 Å². The van der Waals surface area contributed by atoms with E-state index in [1.165, 1.54) is 0 Å². The van der Waals surface area contributed by atoms with Gasteiger partial charge in [0.1, 0.15) is 11.5 Å². The molecule has 7 heteroatoms. The Morgan fingerprint density at radius 1 is 1.55 bits per heavy atom. The molecule has 1 N–H and O–H groups in total. The molecule has 0 radical (unpaired) electrons. The zero-order chi connectivity index (χ0) is 14.7. The molecule has 0 spiro atoms. The Hall–Kier alpha value is -2.18. The number of halogens is 1. The number of likely N-dealkylation sites (tertiary alicyclic amines) is 1. The molecule has 2 rings (SSSR count). The molecular weight excluding hydrogens is 265 g/mol. The van der Waals surface area contributed by atoms with Gasteiger partial charge < -0.3 is 10.2 Å². The van der Waals surface area contributed by atoms with Crippen molar-refractivity contribution in [3.05, 3.63) is 34.1 Å². The van der Waals surface area contributed by atoms with Crippen LogP contribution < -0.4 is 5.32 Å². The van der Waals surface area contributed by atoms with Crippen molar-refractivity contribution in [2.75, 3.05) is 18.4 Å². The number of nitro benzene ring substituents is 1. The summed E-state index contributed by atoms with van der Waals surface area (Å²) in [5.74, 6) is -0.449. The summed E-state index contributed by atoms with van der Waals surface area (Å²) in [6.07, 6.45) is 1.39. The minimum Gasteiger partial charge on any atom is -0.375 e. The van der Waals surface area contributed by atoms with Crippen molar-refractivity contribution in [1.82, 2.24) is 4.90 Å². The summed E-state index contributed by atoms with van der Waals surface area (Å²) in [4.78, 5) is 23.6. The highest BCUT2D eigenvalue weighted by Crippen LogP contribution is 2.25. The molecule has 1 saturated heterocycles. The van der Waals surface area contributed by atoms with E-state index in [2.05, 4.69) is 5.32 Å². The largest absolute Gasteiger partial charge is 0.375 e. The number of nitrogens with zero attached hydrogens (tertiary/aromatic N) is 2. The van der Waals surface area contributed by atoms with Gasteiger partial charge in [-0.15, -0.1) is 0 Å². The van der Waals surface area contributed by atoms with Gasteiger partial charge in [-0.3, -0.25) is 14.9 Å². The molecule has 0 aromatic heterocycles. The van der Waals surface area contributed by atoms with Crippen LogP contribution in [-0.4, -0.2) is 34.9 Å². The van der Waals surface area contributed by atoms with E-state index < -0.39 is 10.7 Å². The first-order chi connectivity index (χ1) is 9.47. The average Bonchev–Trinajstić information content (AvgIpc) is 2.74. The van der Waals surface area contributed by atoms with Crippen LogP contribution in [0.5, 0.6) is 0 Å². The molecule has 1 fully saturated rings. The van der Waals surface area contributed by atoms with Crippen LogP contribution in [0, 0.1) is 15.9 Å². The van der Waals surface area contributed by atoms with Gasteiger partial charge in [0.05, 0.1) is 4.92 Å². The molecule has 0 saturated carbocycles. The van der Waals surface area contributed by atoms with Gasteiger partial charge >= 0.3 is 0 Å². The number of nitrogens with one attached hydrogen (secondary N) is 1. The second-order valence-electron chi connectivity index (χ2n) is 4.91. The Bertz CT molecular complexity index is 536. The van der Waals surface area contributed by atoms with Gasteiger partial charge in [0.2, 0.25) is 5.91 Å². The summed E-state index contributed by atoms with van der Waals surface area (Å²) >= 11 is 0. The summed E-state index contributed by atoms with van der Waals surface area (Å²) in [5.41, 5.74) is -0.0415. The van der Waals surface area contributed by atoms with Crippen LogP contribution in [-0.2, 0) is 4.79 Å². The van der Waals surface area contributed by atoms with Gasteiger partial charge in [-0.1, -0.05) is 0 Å². The fraction of sp³-hybridized carbons (Fsp3) is 0.462. The smallest absolute Gasteiger partial charge is 0.292 e. The monoisotopic (exact) mass is 281 g/mol. The summed E-state index contributed by atoms with van der Waals surface area (Å²) in [6, 6.07) is 3.08. The van der Waals surface area contributed by atoms with Crippen molar-refractivity contribution >= 4 is 17.3 Å². The van der Waals surface area contributed by atoms with Crippen molar-refractivity contribution in [3.8, 4) is 0 Å². The van der Waals surface area contributed by atoms with Gasteiger partial charge in [-0.05, 0) is 19.4 Å². The molecule has 1 aliphatic rings. The lowest BCUT2D eigenvalue weighted by Gasteiger charge is -2.22. The normalized spacial score (nSPS) is 16.3. The molecule has 0 bridgehead atoms. The number of anilines is 1. The number of carbonyl (C=O) groups is 1. The maximum Gasteiger partial charge on any atom is 0.292 e. The lowest BCUT2D eigenvalue weighted by Crippen LogP contribution is -2.35. The predicted octanol–water partition coefficient (Wildman–Crippen LogP) is 2.16. The van der Waals surface area contributed by atoms with Crippen molar-refractivity contribution in [2.24, 2.45) is 0 Å². The summed E-state index contributed by atoms with van der Waals surface area (Å²) in [5, 5.41) is 13.8. The zero-order valence-electron chi connectivity index (χ0n) is 11.1. The van der Waals surface area contributed by atoms with Crippen LogP contribution in [0.4, 0.5) is 15.8 Å². The summed E-state index contributed by atoms with van der Waals surface area (Å²) in [6.45, 7) is 2.96. The Morgan fingerprint density at radius 3 is 2.90 bits per heavy atom. The lowest BCUT2D eigenvalue weighted by atomic mass is 10.2. The summed E-state index contributed by atoms with van der Waals surface area (Å²) < 4.78 is 13.2. The quantitative estimate of drug-likeness (QED) is 0.663. The van der Waals surface area contributed by atoms with Crippen LogP contribution >= 0.6 is 0 Å². The van der Waals surface area contributed by atoms with Crippen LogP contribution in [0.25, 0.3) is 0 Å². The lowest BCUT2D eigenvalue weighted by molar-refractivity contribution is -0.384. The predicted molar refractivity (Wildman–Crippen MR) is 72.0 cm³/mol. The molecule has 1 heterocycles. The van der Waals surface area contributed by atoms with Gasteiger partial charge in [0.15, 0.2) is 0 Å². The van der Waals surface area contributed by atoms with E-state index >= 15 is 0 Å². The van der Waals surface area contributed by atoms with E-state index in [9.17, 15) is 19.3 Å². The van der Waals surface area contributed by atoms with Crippen LogP contribution in [0.3, 0.4) is 0 Å². The molecular formula is C13H16FN3O3. The van der Waals surface area contributed by atoms with E-state index in [-0.39, 0.29) is 23.3 Å². The third kappa shape index (κ3) is 3.23. The van der Waals surface area contributed by atoms with Gasteiger partial charge in [-0.2, -0.15) is 0 Å². The van der Waals surface area contributed by atoms with E-state index in [1.807, 2.05) is 0 Å². The number of benzene rings is 1. The van der Waals surface area contributed by atoms with Crippen LogP contribution in [0.2, 0.25) is 0 Å². The topological polar surface area (TPSA) is 75.5 Å². The third-order valence-electron chi connectivity index (χ3n) is 3.22. The molecule has 1 aliphatic heterocycles. The highest BCUT2D eigenvalue weighted by molar-refractivity contribution is 5.78. The van der Waals surface area contributed by atoms with E-state index in [1.54, 1.807) is 11.8 Å². The maximum atomic E-state index is 13.2. The fourth-order valence-corrected chi connectivity index (χ4v) is 2.32. The zero-order valence-corrected chi connectivity index (χ0v) is 11.1. The number of hydrogen-bond acceptors (Lipinski definition) is 4. The SMILES string of the molecule is CC(CN1CCCC1=O)Nc1cc(F)ccc1[N+](=O)[O-]. The minimum atomic E-state index is -0.560. The number of amides is 1. The van der Waals surface area contributed by atoms with Gasteiger partial charge in [0.25, 0.3) is 5.69 Å². The van der Waals surface area contributed by atoms with Crippen molar-refractivity contribution in [2.45, 2.75) is 25.8 Å². The first kappa shape index (κ1) is 14.2. The molecule has 1 aromatic carbocycles. The number of carbonyl (C=O) groups excluding carboxylic acids is 1. The number of nitro groups is 1. The van der Waals surface area contributed by atoms with Crippen LogP contribution in [0.15, 0.2) is 18.2 Å². The number of hydrogen-bond donors (Lipinski definition) is 1. The Balaban J connectivity index is 2.06. The first-order valence-corrected chi connectivity index (χ1v) is 6.45. The molecule has 20 heavy (non-hydrogen) atoms. The fourth-order valence-electron chi connectivity index (χ4n) is 2.32. The maximum absolute atomic E-state index is 13.2. The molecule has 1 unspecified atom stereocenters. The molecule has 0 aliphatic carbocycles. The van der Waals surface area contributed by atoms with Crippen molar-refractivity contribution in [3.63, 3.8) is 0 Å². The molecule has 1 amide bonds. The first-order valence-electron chi connectivity index (χ1n) is 6.45. The molecule has 1 aromatic rings. The standard InChI is InChI=1S/C13H16FN3O3/c1-9(8-16-6-2-3-13(16)18)15-11-7-10(14)4-5-12(11)17(19)20/h4-5,7,9,15H,2-3,6,8H2,1H3.